The van der Waals surface area contributed by atoms with E-state index in [1.165, 1.54) is 30.3 Å². The van der Waals surface area contributed by atoms with Crippen LogP contribution < -0.4 is 9.46 Å². The Bertz CT molecular complexity index is 559. The molecule has 0 unspecified atom stereocenters. The minimum atomic E-state index is -3.67. The molecule has 0 heterocycles. The molecule has 18 heavy (non-hydrogen) atoms. The lowest BCUT2D eigenvalue weighted by molar-refractivity contribution is -0.139. The number of carbonyl (C=O) groups is 1. The van der Waals surface area contributed by atoms with Gasteiger partial charge in [0, 0.05) is 5.69 Å². The van der Waals surface area contributed by atoms with Gasteiger partial charge in [0.25, 0.3) is 0 Å². The van der Waals surface area contributed by atoms with Crippen molar-refractivity contribution >= 4 is 21.7 Å². The molecule has 0 bridgehead atoms. The largest absolute Gasteiger partial charge is 0.482 e. The van der Waals surface area contributed by atoms with Crippen molar-refractivity contribution in [2.45, 2.75) is 0 Å². The van der Waals surface area contributed by atoms with Crippen molar-refractivity contribution in [3.8, 4) is 11.8 Å². The summed E-state index contributed by atoms with van der Waals surface area (Å²) in [6.45, 7) is -0.473. The lowest BCUT2D eigenvalue weighted by atomic mass is 10.3. The van der Waals surface area contributed by atoms with Gasteiger partial charge in [-0.05, 0) is 24.3 Å². The van der Waals surface area contributed by atoms with Gasteiger partial charge < -0.3 is 9.84 Å². The van der Waals surface area contributed by atoms with Crippen molar-refractivity contribution < 1.29 is 23.1 Å². The van der Waals surface area contributed by atoms with E-state index < -0.39 is 28.4 Å². The first-order chi connectivity index (χ1) is 8.43. The van der Waals surface area contributed by atoms with Crippen LogP contribution in [0.25, 0.3) is 0 Å². The topological polar surface area (TPSA) is 116 Å². The number of ether oxygens (including phenoxy) is 1. The number of carboxylic acids is 1. The van der Waals surface area contributed by atoms with E-state index in [4.69, 9.17) is 15.1 Å². The van der Waals surface area contributed by atoms with E-state index in [1.807, 2.05) is 0 Å². The van der Waals surface area contributed by atoms with Gasteiger partial charge in [0.1, 0.15) is 5.75 Å². The molecule has 0 saturated heterocycles. The molecule has 1 aromatic carbocycles. The highest BCUT2D eigenvalue weighted by Gasteiger charge is 2.09. The SMILES string of the molecule is N#CCS(=O)(=O)Nc1ccc(OCC(=O)O)cc1. The van der Waals surface area contributed by atoms with Crippen LogP contribution in [0.1, 0.15) is 0 Å². The zero-order valence-electron chi connectivity index (χ0n) is 9.16. The molecule has 0 amide bonds. The van der Waals surface area contributed by atoms with E-state index in [-0.39, 0.29) is 5.69 Å². The second-order valence-corrected chi connectivity index (χ2v) is 4.95. The number of nitrogens with zero attached hydrogens (tertiary/aromatic N) is 1. The van der Waals surface area contributed by atoms with Crippen molar-refractivity contribution in [3.63, 3.8) is 0 Å². The predicted octanol–water partition coefficient (Wildman–Crippen LogP) is 0.415. The van der Waals surface area contributed by atoms with Gasteiger partial charge in [-0.3, -0.25) is 4.72 Å². The second kappa shape index (κ2) is 5.88. The van der Waals surface area contributed by atoms with Crippen molar-refractivity contribution in [1.82, 2.24) is 0 Å². The van der Waals surface area contributed by atoms with Crippen LogP contribution in [0, 0.1) is 11.3 Å². The summed E-state index contributed by atoms with van der Waals surface area (Å²) in [6.07, 6.45) is 0. The van der Waals surface area contributed by atoms with Crippen molar-refractivity contribution in [1.29, 1.82) is 5.26 Å². The van der Waals surface area contributed by atoms with Crippen LogP contribution in [0.4, 0.5) is 5.69 Å². The molecule has 0 saturated carbocycles. The molecule has 0 spiro atoms. The standard InChI is InChI=1S/C10H10N2O5S/c11-5-6-18(15,16)12-8-1-3-9(4-2-8)17-7-10(13)14/h1-4,12H,6-7H2,(H,13,14). The Morgan fingerprint density at radius 3 is 2.50 bits per heavy atom. The Labute approximate surface area is 104 Å². The monoisotopic (exact) mass is 270 g/mol. The second-order valence-electron chi connectivity index (χ2n) is 3.23. The molecule has 8 heteroatoms. The van der Waals surface area contributed by atoms with E-state index in [1.54, 1.807) is 0 Å². The Hall–Kier alpha value is -2.27. The summed E-state index contributed by atoms with van der Waals surface area (Å²) in [5, 5.41) is 16.7. The third-order valence-corrected chi connectivity index (χ3v) is 2.80. The number of anilines is 1. The van der Waals surface area contributed by atoms with Gasteiger partial charge in [0.15, 0.2) is 12.4 Å². The smallest absolute Gasteiger partial charge is 0.341 e. The highest BCUT2D eigenvalue weighted by molar-refractivity contribution is 7.92. The number of benzene rings is 1. The third kappa shape index (κ3) is 4.71. The first kappa shape index (κ1) is 13.8. The first-order valence-electron chi connectivity index (χ1n) is 4.75. The fraction of sp³-hybridized carbons (Fsp3) is 0.200. The Morgan fingerprint density at radius 1 is 1.39 bits per heavy atom. The van der Waals surface area contributed by atoms with Crippen molar-refractivity contribution in [2.24, 2.45) is 0 Å². The maximum Gasteiger partial charge on any atom is 0.341 e. The minimum Gasteiger partial charge on any atom is -0.482 e. The quantitative estimate of drug-likeness (QED) is 0.773. The maximum absolute atomic E-state index is 11.3. The zero-order chi connectivity index (χ0) is 13.6. The Morgan fingerprint density at radius 2 is 2.00 bits per heavy atom. The lowest BCUT2D eigenvalue weighted by Gasteiger charge is -2.06. The molecule has 1 aromatic rings. The third-order valence-electron chi connectivity index (χ3n) is 1.74. The number of hydrogen-bond donors (Lipinski definition) is 2. The highest BCUT2D eigenvalue weighted by Crippen LogP contribution is 2.16. The molecule has 0 aliphatic heterocycles. The normalized spacial score (nSPS) is 10.4. The summed E-state index contributed by atoms with van der Waals surface area (Å²) in [5.74, 6) is -1.43. The average molecular weight is 270 g/mol. The Kier molecular flexibility index (Phi) is 4.51. The number of carboxylic acid groups (broad SMARTS) is 1. The van der Waals surface area contributed by atoms with Gasteiger partial charge in [0.05, 0.1) is 6.07 Å². The van der Waals surface area contributed by atoms with Gasteiger partial charge >= 0.3 is 5.97 Å². The summed E-state index contributed by atoms with van der Waals surface area (Å²) in [4.78, 5) is 10.3. The van der Waals surface area contributed by atoms with Gasteiger partial charge in [-0.1, -0.05) is 0 Å². The summed E-state index contributed by atoms with van der Waals surface area (Å²) in [7, 11) is -3.67. The zero-order valence-corrected chi connectivity index (χ0v) is 9.98. The minimum absolute atomic E-state index is 0.271. The molecule has 7 nitrogen and oxygen atoms in total. The summed E-state index contributed by atoms with van der Waals surface area (Å²) >= 11 is 0. The van der Waals surface area contributed by atoms with Crippen LogP contribution in [0.3, 0.4) is 0 Å². The fourth-order valence-corrected chi connectivity index (χ4v) is 1.80. The van der Waals surface area contributed by atoms with Gasteiger partial charge in [-0.2, -0.15) is 5.26 Å². The van der Waals surface area contributed by atoms with Crippen LogP contribution in [0.2, 0.25) is 0 Å². The first-order valence-corrected chi connectivity index (χ1v) is 6.40. The molecule has 96 valence electrons. The van der Waals surface area contributed by atoms with Crippen LogP contribution in [-0.4, -0.2) is 31.9 Å². The van der Waals surface area contributed by atoms with Crippen LogP contribution in [0.5, 0.6) is 5.75 Å². The van der Waals surface area contributed by atoms with Gasteiger partial charge in [-0.25, -0.2) is 13.2 Å². The molecule has 0 fully saturated rings. The number of aliphatic carboxylic acids is 1. The van der Waals surface area contributed by atoms with E-state index in [2.05, 4.69) is 4.72 Å². The van der Waals surface area contributed by atoms with Crippen molar-refractivity contribution in [2.75, 3.05) is 17.1 Å². The lowest BCUT2D eigenvalue weighted by Crippen LogP contribution is -2.15. The molecular weight excluding hydrogens is 260 g/mol. The fourth-order valence-electron chi connectivity index (χ4n) is 1.06. The van der Waals surface area contributed by atoms with Crippen LogP contribution >= 0.6 is 0 Å². The number of nitriles is 1. The average Bonchev–Trinajstić information content (AvgIpc) is 2.27. The van der Waals surface area contributed by atoms with E-state index in [9.17, 15) is 13.2 Å². The highest BCUT2D eigenvalue weighted by atomic mass is 32.2. The summed E-state index contributed by atoms with van der Waals surface area (Å²) in [5.41, 5.74) is 0.271. The molecule has 2 N–H and O–H groups in total. The molecule has 0 radical (unpaired) electrons. The molecule has 0 atom stereocenters. The summed E-state index contributed by atoms with van der Waals surface area (Å²) < 4.78 is 29.6. The van der Waals surface area contributed by atoms with Crippen LogP contribution in [0.15, 0.2) is 24.3 Å². The molecule has 0 aliphatic rings. The van der Waals surface area contributed by atoms with E-state index >= 15 is 0 Å². The van der Waals surface area contributed by atoms with Crippen molar-refractivity contribution in [3.05, 3.63) is 24.3 Å². The van der Waals surface area contributed by atoms with Gasteiger partial charge in [0.2, 0.25) is 10.0 Å². The molecule has 0 aromatic heterocycles. The van der Waals surface area contributed by atoms with E-state index in [0.29, 0.717) is 5.75 Å². The molecule has 1 rings (SSSR count). The summed E-state index contributed by atoms with van der Waals surface area (Å²) in [6, 6.07) is 7.20. The van der Waals surface area contributed by atoms with Crippen LogP contribution in [-0.2, 0) is 14.8 Å². The number of sulfonamides is 1. The number of rotatable bonds is 6. The Balaban J connectivity index is 2.66. The van der Waals surface area contributed by atoms with E-state index in [0.717, 1.165) is 0 Å². The molecule has 0 aliphatic carbocycles. The number of nitrogens with one attached hydrogen (secondary N) is 1. The van der Waals surface area contributed by atoms with Gasteiger partial charge in [-0.15, -0.1) is 0 Å². The predicted molar refractivity (Wildman–Crippen MR) is 62.6 cm³/mol. The maximum atomic E-state index is 11.3. The number of hydrogen-bond acceptors (Lipinski definition) is 5. The molecular formula is C10H10N2O5S.